The Balaban J connectivity index is 1.70. The Hall–Kier alpha value is -1.96. The number of halogens is 1. The van der Waals surface area contributed by atoms with Gasteiger partial charge in [0.15, 0.2) is 5.03 Å². The van der Waals surface area contributed by atoms with Gasteiger partial charge in [-0.25, -0.2) is 18.5 Å². The first-order valence-electron chi connectivity index (χ1n) is 8.23. The fraction of sp³-hybridized carbons (Fsp3) is 0.333. The van der Waals surface area contributed by atoms with Gasteiger partial charge < -0.3 is 4.90 Å². The molecule has 0 atom stereocenters. The fourth-order valence-electron chi connectivity index (χ4n) is 3.21. The minimum Gasteiger partial charge on any atom is -0.339 e. The zero-order chi connectivity index (χ0) is 18.9. The van der Waals surface area contributed by atoms with E-state index in [1.165, 1.54) is 23.9 Å². The van der Waals surface area contributed by atoms with Crippen molar-refractivity contribution >= 4 is 27.5 Å². The molecule has 2 aromatic rings. The summed E-state index contributed by atoms with van der Waals surface area (Å²) in [7, 11) is -3.87. The number of nitrogens with zero attached hydrogens (tertiary/aromatic N) is 2. The third-order valence-corrected chi connectivity index (χ3v) is 6.01. The van der Waals surface area contributed by atoms with Crippen molar-refractivity contribution in [2.24, 2.45) is 5.14 Å². The van der Waals surface area contributed by atoms with E-state index in [1.54, 1.807) is 4.90 Å². The molecule has 1 aliphatic heterocycles. The highest BCUT2D eigenvalue weighted by Gasteiger charge is 2.33. The molecule has 1 aromatic heterocycles. The summed E-state index contributed by atoms with van der Waals surface area (Å²) in [5, 5.41) is 5.49. The van der Waals surface area contributed by atoms with Crippen molar-refractivity contribution in [3.8, 4) is 0 Å². The van der Waals surface area contributed by atoms with Crippen LogP contribution in [0.3, 0.4) is 0 Å². The van der Waals surface area contributed by atoms with Crippen molar-refractivity contribution < 1.29 is 13.2 Å². The Bertz CT molecular complexity index is 921. The van der Waals surface area contributed by atoms with Crippen LogP contribution in [0.15, 0.2) is 47.6 Å². The molecule has 3 rings (SSSR count). The van der Waals surface area contributed by atoms with Crippen molar-refractivity contribution in [3.63, 3.8) is 0 Å². The van der Waals surface area contributed by atoms with Gasteiger partial charge in [-0.05, 0) is 48.1 Å². The van der Waals surface area contributed by atoms with E-state index in [0.717, 1.165) is 12.8 Å². The van der Waals surface area contributed by atoms with Crippen LogP contribution in [0.1, 0.15) is 35.7 Å². The van der Waals surface area contributed by atoms with Gasteiger partial charge >= 0.3 is 0 Å². The van der Waals surface area contributed by atoms with Crippen LogP contribution in [0.4, 0.5) is 0 Å². The van der Waals surface area contributed by atoms with E-state index in [-0.39, 0.29) is 16.3 Å². The van der Waals surface area contributed by atoms with Crippen LogP contribution in [0.25, 0.3) is 0 Å². The predicted molar refractivity (Wildman–Crippen MR) is 99.6 cm³/mol. The van der Waals surface area contributed by atoms with E-state index < -0.39 is 10.0 Å². The van der Waals surface area contributed by atoms with Crippen LogP contribution in [0.5, 0.6) is 0 Å². The molecule has 138 valence electrons. The molecule has 1 aromatic carbocycles. The van der Waals surface area contributed by atoms with Crippen LogP contribution < -0.4 is 5.14 Å². The summed E-state index contributed by atoms with van der Waals surface area (Å²) in [5.74, 6) is -0.161. The highest BCUT2D eigenvalue weighted by molar-refractivity contribution is 7.89. The molecule has 0 unspecified atom stereocenters. The van der Waals surface area contributed by atoms with Crippen molar-refractivity contribution in [1.82, 2.24) is 9.88 Å². The number of benzene rings is 1. The molecule has 1 aliphatic rings. The smallest absolute Gasteiger partial charge is 0.255 e. The Kier molecular flexibility index (Phi) is 5.05. The second-order valence-corrected chi connectivity index (χ2v) is 8.74. The monoisotopic (exact) mass is 393 g/mol. The highest BCUT2D eigenvalue weighted by Crippen LogP contribution is 2.36. The molecule has 0 aliphatic carbocycles. The maximum Gasteiger partial charge on any atom is 0.255 e. The molecular weight excluding hydrogens is 374 g/mol. The zero-order valence-corrected chi connectivity index (χ0v) is 15.9. The number of likely N-dealkylation sites (tertiary alicyclic amines) is 1. The van der Waals surface area contributed by atoms with Gasteiger partial charge in [0.25, 0.3) is 15.9 Å². The zero-order valence-electron chi connectivity index (χ0n) is 14.4. The molecule has 0 radical (unpaired) electrons. The van der Waals surface area contributed by atoms with Gasteiger partial charge in [0.2, 0.25) is 0 Å². The van der Waals surface area contributed by atoms with Crippen molar-refractivity contribution in [2.75, 3.05) is 13.1 Å². The van der Waals surface area contributed by atoms with E-state index >= 15 is 0 Å². The Morgan fingerprint density at radius 2 is 1.92 bits per heavy atom. The predicted octanol–water partition coefficient (Wildman–Crippen LogP) is 2.58. The number of pyridine rings is 1. The Morgan fingerprint density at radius 3 is 2.46 bits per heavy atom. The maximum absolute atomic E-state index is 12.6. The second kappa shape index (κ2) is 6.98. The number of hydrogen-bond acceptors (Lipinski definition) is 4. The van der Waals surface area contributed by atoms with Gasteiger partial charge in [-0.1, -0.05) is 30.7 Å². The summed E-state index contributed by atoms with van der Waals surface area (Å²) >= 11 is 6.11. The van der Waals surface area contributed by atoms with Crippen LogP contribution >= 0.6 is 11.6 Å². The number of carbonyl (C=O) groups excluding carboxylic acids is 1. The van der Waals surface area contributed by atoms with Crippen LogP contribution in [0, 0.1) is 0 Å². The summed E-state index contributed by atoms with van der Waals surface area (Å²) < 4.78 is 22.5. The molecule has 2 heterocycles. The molecule has 26 heavy (non-hydrogen) atoms. The van der Waals surface area contributed by atoms with E-state index in [0.29, 0.717) is 23.7 Å². The van der Waals surface area contributed by atoms with Crippen molar-refractivity contribution in [2.45, 2.75) is 30.2 Å². The fourth-order valence-corrected chi connectivity index (χ4v) is 3.86. The first-order chi connectivity index (χ1) is 12.2. The molecule has 1 fully saturated rings. The average Bonchev–Trinajstić information content (AvgIpc) is 2.61. The topological polar surface area (TPSA) is 93.4 Å². The third kappa shape index (κ3) is 3.90. The molecule has 0 spiro atoms. The number of hydrogen-bond donors (Lipinski definition) is 1. The highest BCUT2D eigenvalue weighted by atomic mass is 35.5. The van der Waals surface area contributed by atoms with Crippen LogP contribution in [0.2, 0.25) is 5.02 Å². The summed E-state index contributed by atoms with van der Waals surface area (Å²) in [6, 6.07) is 10.5. The molecule has 1 amide bonds. The minimum atomic E-state index is -3.87. The molecular formula is C18H20ClN3O3S. The number of sulfonamides is 1. The number of primary sulfonamides is 1. The number of carbonyl (C=O) groups is 1. The lowest BCUT2D eigenvalue weighted by molar-refractivity contribution is 0.0675. The summed E-state index contributed by atoms with van der Waals surface area (Å²) in [6.07, 6.45) is 2.90. The molecule has 2 N–H and O–H groups in total. The lowest BCUT2D eigenvalue weighted by Gasteiger charge is -2.40. The Labute approximate surface area is 158 Å². The molecule has 0 saturated carbocycles. The number of aromatic nitrogens is 1. The number of amides is 1. The van der Waals surface area contributed by atoms with Crippen LogP contribution in [-0.2, 0) is 15.4 Å². The van der Waals surface area contributed by atoms with Gasteiger partial charge in [0.05, 0.1) is 5.56 Å². The third-order valence-electron chi connectivity index (χ3n) is 4.95. The standard InChI is InChI=1S/C18H20ClN3O3S/c1-18(14-3-2-4-15(19)11-14)7-9-22(10-8-18)17(23)13-5-6-16(21-12-13)26(20,24)25/h2-6,11-12H,7-10H2,1H3,(H2,20,24,25). The number of piperidine rings is 1. The van der Waals surface area contributed by atoms with E-state index in [9.17, 15) is 13.2 Å². The van der Waals surface area contributed by atoms with Gasteiger partial charge in [0, 0.05) is 24.3 Å². The first-order valence-corrected chi connectivity index (χ1v) is 10.2. The second-order valence-electron chi connectivity index (χ2n) is 6.79. The summed E-state index contributed by atoms with van der Waals surface area (Å²) in [5.41, 5.74) is 1.50. The van der Waals surface area contributed by atoms with Crippen molar-refractivity contribution in [1.29, 1.82) is 0 Å². The largest absolute Gasteiger partial charge is 0.339 e. The SMILES string of the molecule is CC1(c2cccc(Cl)c2)CCN(C(=O)c2ccc(S(N)(=O)=O)nc2)CC1. The average molecular weight is 394 g/mol. The van der Waals surface area contributed by atoms with Gasteiger partial charge in [0.1, 0.15) is 0 Å². The molecule has 0 bridgehead atoms. The summed E-state index contributed by atoms with van der Waals surface area (Å²) in [4.78, 5) is 18.2. The normalized spacial score (nSPS) is 17.1. The van der Waals surface area contributed by atoms with E-state index in [4.69, 9.17) is 16.7 Å². The van der Waals surface area contributed by atoms with Crippen LogP contribution in [-0.4, -0.2) is 37.3 Å². The van der Waals surface area contributed by atoms with Crippen molar-refractivity contribution in [3.05, 3.63) is 58.7 Å². The lowest BCUT2D eigenvalue weighted by Crippen LogP contribution is -2.44. The first kappa shape index (κ1) is 18.8. The molecule has 6 nitrogen and oxygen atoms in total. The molecule has 1 saturated heterocycles. The van der Waals surface area contributed by atoms with E-state index in [2.05, 4.69) is 18.0 Å². The maximum atomic E-state index is 12.6. The van der Waals surface area contributed by atoms with Gasteiger partial charge in [-0.15, -0.1) is 0 Å². The summed E-state index contributed by atoms with van der Waals surface area (Å²) in [6.45, 7) is 3.40. The lowest BCUT2D eigenvalue weighted by atomic mass is 9.74. The quantitative estimate of drug-likeness (QED) is 0.867. The number of nitrogens with two attached hydrogens (primary N) is 1. The Morgan fingerprint density at radius 1 is 1.23 bits per heavy atom. The molecule has 8 heteroatoms. The van der Waals surface area contributed by atoms with E-state index in [1.807, 2.05) is 18.2 Å². The van der Waals surface area contributed by atoms with Gasteiger partial charge in [-0.3, -0.25) is 4.79 Å². The number of rotatable bonds is 3. The van der Waals surface area contributed by atoms with Gasteiger partial charge in [-0.2, -0.15) is 0 Å². The minimum absolute atomic E-state index is 0.0303.